The summed E-state index contributed by atoms with van der Waals surface area (Å²) in [4.78, 5) is 9.31. The molecule has 55 heavy (non-hydrogen) atoms. The number of aliphatic imine (C=N–C) groups is 1. The van der Waals surface area contributed by atoms with Crippen molar-refractivity contribution < 1.29 is 0 Å². The Morgan fingerprint density at radius 3 is 1.47 bits per heavy atom. The molecular formula is C53H60N2. The first kappa shape index (κ1) is 37.2. The van der Waals surface area contributed by atoms with Crippen molar-refractivity contribution in [2.75, 3.05) is 0 Å². The smallest absolute Gasteiger partial charge is 0.0737 e. The molecule has 1 aliphatic heterocycles. The molecule has 4 aromatic carbocycles. The second kappa shape index (κ2) is 15.4. The molecule has 0 atom stereocenters. The van der Waals surface area contributed by atoms with E-state index in [1.807, 2.05) is 0 Å². The summed E-state index contributed by atoms with van der Waals surface area (Å²) in [5.74, 6) is 1.39. The first-order valence-corrected chi connectivity index (χ1v) is 21.2. The van der Waals surface area contributed by atoms with Crippen LogP contribution >= 0.6 is 0 Å². The first-order valence-electron chi connectivity index (χ1n) is 21.2. The highest BCUT2D eigenvalue weighted by molar-refractivity contribution is 6.18. The molecule has 2 saturated carbocycles. The molecule has 2 heterocycles. The van der Waals surface area contributed by atoms with Gasteiger partial charge < -0.3 is 4.98 Å². The predicted octanol–water partition coefficient (Wildman–Crippen LogP) is 15.0. The van der Waals surface area contributed by atoms with Crippen LogP contribution in [-0.2, 0) is 10.8 Å². The van der Waals surface area contributed by atoms with E-state index in [9.17, 15) is 0 Å². The zero-order valence-electron chi connectivity index (χ0n) is 34.1. The van der Waals surface area contributed by atoms with E-state index in [0.29, 0.717) is 11.8 Å². The van der Waals surface area contributed by atoms with E-state index in [-0.39, 0.29) is 10.8 Å². The number of H-pyrrole nitrogens is 1. The molecule has 1 aromatic heterocycles. The summed E-state index contributed by atoms with van der Waals surface area (Å²) < 4.78 is 0. The molecule has 5 aromatic rings. The van der Waals surface area contributed by atoms with Gasteiger partial charge in [0.1, 0.15) is 0 Å². The van der Waals surface area contributed by atoms with Gasteiger partial charge in [-0.2, -0.15) is 0 Å². The molecule has 2 fully saturated rings. The Morgan fingerprint density at radius 1 is 0.527 bits per heavy atom. The molecule has 0 amide bonds. The quantitative estimate of drug-likeness (QED) is 0.173. The lowest BCUT2D eigenvalue weighted by atomic mass is 9.84. The van der Waals surface area contributed by atoms with Gasteiger partial charge in [0.25, 0.3) is 0 Å². The Morgan fingerprint density at radius 2 is 0.982 bits per heavy atom. The van der Waals surface area contributed by atoms with Crippen molar-refractivity contribution in [2.24, 2.45) is 4.99 Å². The van der Waals surface area contributed by atoms with E-state index in [1.165, 1.54) is 114 Å². The van der Waals surface area contributed by atoms with Gasteiger partial charge in [-0.1, -0.05) is 177 Å². The fraction of sp³-hybridized carbons (Fsp3) is 0.377. The molecule has 1 N–H and O–H groups in total. The summed E-state index contributed by atoms with van der Waals surface area (Å²) in [6.45, 7) is 13.7. The minimum absolute atomic E-state index is 0.0929. The summed E-state index contributed by atoms with van der Waals surface area (Å²) in [7, 11) is 0. The van der Waals surface area contributed by atoms with Gasteiger partial charge in [-0.25, -0.2) is 4.99 Å². The number of aromatic nitrogens is 1. The van der Waals surface area contributed by atoms with Gasteiger partial charge >= 0.3 is 0 Å². The average Bonchev–Trinajstić information content (AvgIpc) is 3.83. The monoisotopic (exact) mass is 724 g/mol. The lowest BCUT2D eigenvalue weighted by Gasteiger charge is -2.22. The summed E-state index contributed by atoms with van der Waals surface area (Å²) in [6, 6.07) is 39.4. The Labute approximate surface area is 330 Å². The number of hydrogen-bond acceptors (Lipinski definition) is 1. The van der Waals surface area contributed by atoms with Crippen molar-refractivity contribution >= 4 is 17.4 Å². The molecule has 0 bridgehead atoms. The van der Waals surface area contributed by atoms with Crippen LogP contribution in [0.1, 0.15) is 157 Å². The Hall–Kier alpha value is -4.69. The van der Waals surface area contributed by atoms with Crippen LogP contribution < -0.4 is 0 Å². The number of benzene rings is 4. The molecule has 282 valence electrons. The van der Waals surface area contributed by atoms with Crippen molar-refractivity contribution in [3.8, 4) is 22.4 Å². The van der Waals surface area contributed by atoms with Gasteiger partial charge in [0.2, 0.25) is 0 Å². The van der Waals surface area contributed by atoms with Gasteiger partial charge in [0.15, 0.2) is 0 Å². The maximum absolute atomic E-state index is 5.42. The largest absolute Gasteiger partial charge is 0.354 e. The molecule has 8 rings (SSSR count). The number of nitrogens with zero attached hydrogens (tertiary/aromatic N) is 1. The minimum Gasteiger partial charge on any atom is -0.354 e. The summed E-state index contributed by atoms with van der Waals surface area (Å²) >= 11 is 0. The van der Waals surface area contributed by atoms with E-state index in [0.717, 1.165) is 28.4 Å². The van der Waals surface area contributed by atoms with Crippen molar-refractivity contribution in [3.63, 3.8) is 0 Å². The van der Waals surface area contributed by atoms with E-state index < -0.39 is 0 Å². The van der Waals surface area contributed by atoms with Crippen molar-refractivity contribution in [1.82, 2.24) is 4.98 Å². The van der Waals surface area contributed by atoms with Crippen LogP contribution in [0.15, 0.2) is 120 Å². The summed E-state index contributed by atoms with van der Waals surface area (Å²) in [5.41, 5.74) is 17.2. The lowest BCUT2D eigenvalue weighted by molar-refractivity contribution is 0.443. The number of hydrogen-bond donors (Lipinski definition) is 1. The maximum atomic E-state index is 5.42. The average molecular weight is 725 g/mol. The standard InChI is InChI=1S/C53H60N2/c1-52(2,3)44-29-25-40(26-30-44)46-33-48(42-21-17-38(18-22-42)36-13-9-7-10-14-36)54-50(46)35-51-47(41-27-31-45(32-28-41)53(4,5)6)34-49(55-51)43-23-19-39(20-24-43)37-15-11-8-12-16-37/h17-37,54H,7-16H2,1-6H3/b51-35-. The number of allylic oxidation sites excluding steroid dienone is 2. The molecule has 2 heteroatoms. The van der Waals surface area contributed by atoms with Gasteiger partial charge in [0.05, 0.1) is 11.4 Å². The van der Waals surface area contributed by atoms with E-state index in [2.05, 4.69) is 162 Å². The van der Waals surface area contributed by atoms with Gasteiger partial charge in [-0.15, -0.1) is 0 Å². The zero-order chi connectivity index (χ0) is 38.2. The Balaban J connectivity index is 1.21. The van der Waals surface area contributed by atoms with Gasteiger partial charge in [0, 0.05) is 28.1 Å². The lowest BCUT2D eigenvalue weighted by Crippen LogP contribution is -2.10. The van der Waals surface area contributed by atoms with Crippen LogP contribution in [0.4, 0.5) is 0 Å². The fourth-order valence-corrected chi connectivity index (χ4v) is 9.07. The number of nitrogens with one attached hydrogen (secondary N) is 1. The highest BCUT2D eigenvalue weighted by Gasteiger charge is 2.23. The van der Waals surface area contributed by atoms with Crippen LogP contribution in [0, 0.1) is 0 Å². The van der Waals surface area contributed by atoms with Crippen molar-refractivity contribution in [3.05, 3.63) is 154 Å². The van der Waals surface area contributed by atoms with Crippen LogP contribution in [-0.4, -0.2) is 10.7 Å². The molecular weight excluding hydrogens is 665 g/mol. The third kappa shape index (κ3) is 8.30. The fourth-order valence-electron chi connectivity index (χ4n) is 9.07. The van der Waals surface area contributed by atoms with E-state index in [4.69, 9.17) is 4.99 Å². The molecule has 0 unspecified atom stereocenters. The molecule has 0 radical (unpaired) electrons. The minimum atomic E-state index is 0.0929. The van der Waals surface area contributed by atoms with Crippen LogP contribution in [0.25, 0.3) is 34.0 Å². The normalized spacial score (nSPS) is 18.1. The van der Waals surface area contributed by atoms with Crippen LogP contribution in [0.5, 0.6) is 0 Å². The molecule has 2 nitrogen and oxygen atoms in total. The van der Waals surface area contributed by atoms with Gasteiger partial charge in [-0.3, -0.25) is 0 Å². The summed E-state index contributed by atoms with van der Waals surface area (Å²) in [5, 5.41) is 0. The second-order valence-electron chi connectivity index (χ2n) is 18.7. The Bertz CT molecular complexity index is 2180. The third-order valence-corrected chi connectivity index (χ3v) is 12.6. The third-order valence-electron chi connectivity index (χ3n) is 12.6. The first-order chi connectivity index (χ1) is 26.5. The second-order valence-corrected chi connectivity index (χ2v) is 18.7. The van der Waals surface area contributed by atoms with Crippen molar-refractivity contribution in [2.45, 2.75) is 128 Å². The van der Waals surface area contributed by atoms with Gasteiger partial charge in [-0.05, 0) is 106 Å². The Kier molecular flexibility index (Phi) is 10.5. The highest BCUT2D eigenvalue weighted by atomic mass is 14.8. The maximum Gasteiger partial charge on any atom is 0.0737 e. The topological polar surface area (TPSA) is 28.1 Å². The molecule has 0 saturated heterocycles. The zero-order valence-corrected chi connectivity index (χ0v) is 34.1. The molecule has 2 aliphatic carbocycles. The molecule has 0 spiro atoms. The van der Waals surface area contributed by atoms with E-state index >= 15 is 0 Å². The van der Waals surface area contributed by atoms with Crippen LogP contribution in [0.2, 0.25) is 0 Å². The summed E-state index contributed by atoms with van der Waals surface area (Å²) in [6.07, 6.45) is 18.0. The van der Waals surface area contributed by atoms with Crippen molar-refractivity contribution in [1.29, 1.82) is 0 Å². The highest BCUT2D eigenvalue weighted by Crippen LogP contribution is 2.40. The SMILES string of the molecule is CC(C)(C)c1ccc(C2=CC(c3ccc(C4CCCCC4)cc3)=N/C2=C\c2[nH]c(-c3ccc(C4CCCCC4)cc3)cc2-c2ccc(C(C)(C)C)cc2)cc1. The predicted molar refractivity (Wildman–Crippen MR) is 236 cm³/mol. The van der Waals surface area contributed by atoms with E-state index in [1.54, 1.807) is 0 Å². The number of rotatable bonds is 7. The van der Waals surface area contributed by atoms with Crippen LogP contribution in [0.3, 0.4) is 0 Å². The number of aromatic amines is 1. The molecule has 3 aliphatic rings.